The van der Waals surface area contributed by atoms with Gasteiger partial charge < -0.3 is 10.1 Å². The molecule has 2 aliphatic rings. The van der Waals surface area contributed by atoms with E-state index < -0.39 is 0 Å². The molecule has 0 aromatic rings. The molecule has 1 N–H and O–H groups in total. The van der Waals surface area contributed by atoms with Crippen molar-refractivity contribution < 1.29 is 4.74 Å². The second kappa shape index (κ2) is 9.15. The van der Waals surface area contributed by atoms with Crippen molar-refractivity contribution in [2.75, 3.05) is 13.2 Å². The number of rotatable bonds is 11. The molecule has 0 unspecified atom stereocenters. The van der Waals surface area contributed by atoms with Crippen molar-refractivity contribution in [3.63, 3.8) is 0 Å². The van der Waals surface area contributed by atoms with Gasteiger partial charge in [0, 0.05) is 19.2 Å². The molecule has 0 saturated heterocycles. The molecule has 0 aromatic heterocycles. The molecule has 0 heterocycles. The minimum absolute atomic E-state index is 0.165. The molecule has 0 atom stereocenters. The molecular formula is C19H37NO. The van der Waals surface area contributed by atoms with Crippen LogP contribution in [-0.4, -0.2) is 24.8 Å². The van der Waals surface area contributed by atoms with E-state index in [1.807, 2.05) is 0 Å². The van der Waals surface area contributed by atoms with Crippen molar-refractivity contribution in [2.24, 2.45) is 5.92 Å². The first-order valence-electron chi connectivity index (χ1n) is 9.61. The summed E-state index contributed by atoms with van der Waals surface area (Å²) >= 11 is 0. The Labute approximate surface area is 132 Å². The zero-order valence-corrected chi connectivity index (χ0v) is 14.5. The average Bonchev–Trinajstić information content (AvgIpc) is 3.31. The second-order valence-electron chi connectivity index (χ2n) is 7.64. The summed E-state index contributed by atoms with van der Waals surface area (Å²) in [6.45, 7) is 6.75. The molecule has 0 amide bonds. The summed E-state index contributed by atoms with van der Waals surface area (Å²) in [6.07, 6.45) is 16.1. The quantitative estimate of drug-likeness (QED) is 0.538. The lowest BCUT2D eigenvalue weighted by molar-refractivity contribution is -0.0765. The Hall–Kier alpha value is -0.0800. The summed E-state index contributed by atoms with van der Waals surface area (Å²) in [5.41, 5.74) is 0.165. The van der Waals surface area contributed by atoms with Gasteiger partial charge in [0.25, 0.3) is 0 Å². The van der Waals surface area contributed by atoms with Gasteiger partial charge in [0.05, 0.1) is 5.60 Å². The Morgan fingerprint density at radius 1 is 0.952 bits per heavy atom. The molecule has 2 rings (SSSR count). The number of ether oxygens (including phenoxy) is 1. The summed E-state index contributed by atoms with van der Waals surface area (Å²) in [5, 5.41) is 3.73. The molecule has 21 heavy (non-hydrogen) atoms. The first-order valence-corrected chi connectivity index (χ1v) is 9.61. The number of nitrogens with one attached hydrogen (secondary N) is 1. The first-order chi connectivity index (χ1) is 10.2. The summed E-state index contributed by atoms with van der Waals surface area (Å²) in [5.74, 6) is 0.900. The highest BCUT2D eigenvalue weighted by molar-refractivity contribution is 4.92. The maximum absolute atomic E-state index is 6.44. The van der Waals surface area contributed by atoms with Crippen molar-refractivity contribution in [3.05, 3.63) is 0 Å². The minimum Gasteiger partial charge on any atom is -0.374 e. The third kappa shape index (κ3) is 6.69. The summed E-state index contributed by atoms with van der Waals surface area (Å²) in [6, 6.07) is 0.805. The number of unbranched alkanes of at least 4 members (excludes halogenated alkanes) is 5. The van der Waals surface area contributed by atoms with E-state index in [1.54, 1.807) is 0 Å². The Kier molecular flexibility index (Phi) is 7.53. The molecule has 2 aliphatic carbocycles. The van der Waals surface area contributed by atoms with Crippen LogP contribution in [0.5, 0.6) is 0 Å². The highest BCUT2D eigenvalue weighted by Gasteiger charge is 2.36. The lowest BCUT2D eigenvalue weighted by Gasteiger charge is -2.40. The average molecular weight is 296 g/mol. The minimum atomic E-state index is 0.165. The van der Waals surface area contributed by atoms with Gasteiger partial charge in [-0.2, -0.15) is 0 Å². The molecule has 0 radical (unpaired) electrons. The molecule has 0 aliphatic heterocycles. The van der Waals surface area contributed by atoms with Gasteiger partial charge in [-0.05, 0) is 50.9 Å². The van der Waals surface area contributed by atoms with Crippen LogP contribution in [-0.2, 0) is 4.74 Å². The molecule has 2 fully saturated rings. The molecule has 0 bridgehead atoms. The molecule has 2 heteroatoms. The largest absolute Gasteiger partial charge is 0.374 e. The van der Waals surface area contributed by atoms with Crippen LogP contribution in [0.25, 0.3) is 0 Å². The van der Waals surface area contributed by atoms with E-state index in [0.29, 0.717) is 0 Å². The maximum Gasteiger partial charge on any atom is 0.0806 e. The monoisotopic (exact) mass is 295 g/mol. The van der Waals surface area contributed by atoms with E-state index in [0.717, 1.165) is 25.1 Å². The van der Waals surface area contributed by atoms with Gasteiger partial charge in [-0.15, -0.1) is 0 Å². The zero-order valence-electron chi connectivity index (χ0n) is 14.5. The molecular weight excluding hydrogens is 258 g/mol. The Balaban J connectivity index is 1.63. The fourth-order valence-corrected chi connectivity index (χ4v) is 3.45. The fraction of sp³-hybridized carbons (Fsp3) is 1.00. The van der Waals surface area contributed by atoms with Gasteiger partial charge in [0.2, 0.25) is 0 Å². The van der Waals surface area contributed by atoms with Crippen LogP contribution < -0.4 is 5.32 Å². The lowest BCUT2D eigenvalue weighted by Crippen LogP contribution is -2.46. The maximum atomic E-state index is 6.44. The number of hydrogen-bond donors (Lipinski definition) is 1. The van der Waals surface area contributed by atoms with Gasteiger partial charge >= 0.3 is 0 Å². The first kappa shape index (κ1) is 17.3. The molecule has 2 saturated carbocycles. The Morgan fingerprint density at radius 3 is 2.29 bits per heavy atom. The number of hydrogen-bond acceptors (Lipinski definition) is 2. The van der Waals surface area contributed by atoms with Crippen LogP contribution >= 0.6 is 0 Å². The molecule has 0 aromatic carbocycles. The van der Waals surface area contributed by atoms with E-state index in [4.69, 9.17) is 4.74 Å². The van der Waals surface area contributed by atoms with Crippen LogP contribution in [0.3, 0.4) is 0 Å². The van der Waals surface area contributed by atoms with E-state index in [-0.39, 0.29) is 5.60 Å². The third-order valence-electron chi connectivity index (χ3n) is 5.38. The van der Waals surface area contributed by atoms with Crippen molar-refractivity contribution >= 4 is 0 Å². The summed E-state index contributed by atoms with van der Waals surface area (Å²) in [7, 11) is 0. The van der Waals surface area contributed by atoms with E-state index in [1.165, 1.54) is 77.0 Å². The predicted molar refractivity (Wildman–Crippen MR) is 90.7 cm³/mol. The van der Waals surface area contributed by atoms with Gasteiger partial charge in [0.1, 0.15) is 0 Å². The van der Waals surface area contributed by atoms with Crippen LogP contribution in [0.1, 0.15) is 90.9 Å². The van der Waals surface area contributed by atoms with Crippen LogP contribution in [0, 0.1) is 5.92 Å². The van der Waals surface area contributed by atoms with Crippen molar-refractivity contribution in [1.82, 2.24) is 5.32 Å². The van der Waals surface area contributed by atoms with Gasteiger partial charge in [0.15, 0.2) is 0 Å². The van der Waals surface area contributed by atoms with Crippen molar-refractivity contribution in [1.29, 1.82) is 0 Å². The van der Waals surface area contributed by atoms with Crippen LogP contribution in [0.4, 0.5) is 0 Å². The Bertz CT molecular complexity index is 267. The molecule has 0 spiro atoms. The molecule has 124 valence electrons. The normalized spacial score (nSPS) is 29.7. The van der Waals surface area contributed by atoms with Gasteiger partial charge in [-0.3, -0.25) is 0 Å². The predicted octanol–water partition coefficient (Wildman–Crippen LogP) is 5.06. The van der Waals surface area contributed by atoms with E-state index >= 15 is 0 Å². The van der Waals surface area contributed by atoms with Crippen molar-refractivity contribution in [2.45, 2.75) is 103 Å². The Morgan fingerprint density at radius 2 is 1.62 bits per heavy atom. The summed E-state index contributed by atoms with van der Waals surface area (Å²) in [4.78, 5) is 0. The van der Waals surface area contributed by atoms with E-state index in [2.05, 4.69) is 19.2 Å². The second-order valence-corrected chi connectivity index (χ2v) is 7.64. The fourth-order valence-electron chi connectivity index (χ4n) is 3.45. The third-order valence-corrected chi connectivity index (χ3v) is 5.38. The highest BCUT2D eigenvalue weighted by atomic mass is 16.5. The SMILES string of the molecule is CCCCCCCCOC1(CNC2CC2)CCC(C)CC1. The molecule has 2 nitrogen and oxygen atoms in total. The standard InChI is InChI=1S/C19H37NO/c1-3-4-5-6-7-8-15-21-19(16-20-18-9-10-18)13-11-17(2)12-14-19/h17-18,20H,3-16H2,1-2H3. The van der Waals surface area contributed by atoms with Crippen LogP contribution in [0.2, 0.25) is 0 Å². The smallest absolute Gasteiger partial charge is 0.0806 e. The summed E-state index contributed by atoms with van der Waals surface area (Å²) < 4.78 is 6.44. The van der Waals surface area contributed by atoms with Gasteiger partial charge in [-0.1, -0.05) is 46.0 Å². The lowest BCUT2D eigenvalue weighted by atomic mass is 9.79. The van der Waals surface area contributed by atoms with E-state index in [9.17, 15) is 0 Å². The van der Waals surface area contributed by atoms with Crippen LogP contribution in [0.15, 0.2) is 0 Å². The zero-order chi connectivity index (χ0) is 15.0. The highest BCUT2D eigenvalue weighted by Crippen LogP contribution is 2.35. The topological polar surface area (TPSA) is 21.3 Å². The van der Waals surface area contributed by atoms with Crippen molar-refractivity contribution in [3.8, 4) is 0 Å². The van der Waals surface area contributed by atoms with Gasteiger partial charge in [-0.25, -0.2) is 0 Å².